The van der Waals surface area contributed by atoms with Crippen molar-refractivity contribution in [3.63, 3.8) is 0 Å². The lowest BCUT2D eigenvalue weighted by atomic mass is 9.84. The first-order chi connectivity index (χ1) is 18.8. The summed E-state index contributed by atoms with van der Waals surface area (Å²) in [6, 6.07) is 7.65. The minimum atomic E-state index is -1.01. The van der Waals surface area contributed by atoms with E-state index < -0.39 is 47.0 Å². The molecule has 1 aliphatic heterocycles. The number of halogens is 2. The number of carbonyl (C=O) groups is 3. The van der Waals surface area contributed by atoms with Crippen molar-refractivity contribution in [3.8, 4) is 11.8 Å². The lowest BCUT2D eigenvalue weighted by Gasteiger charge is -2.38. The molecule has 1 aliphatic rings. The van der Waals surface area contributed by atoms with Gasteiger partial charge < -0.3 is 20.4 Å². The summed E-state index contributed by atoms with van der Waals surface area (Å²) in [6.07, 6.45) is 2.60. The zero-order valence-corrected chi connectivity index (χ0v) is 23.0. The molecule has 2 aromatic rings. The Balaban J connectivity index is 1.84. The highest BCUT2D eigenvalue weighted by atomic mass is 19.1. The van der Waals surface area contributed by atoms with E-state index in [0.717, 1.165) is 6.07 Å². The third-order valence-electron chi connectivity index (χ3n) is 6.89. The van der Waals surface area contributed by atoms with Crippen molar-refractivity contribution in [2.45, 2.75) is 65.6 Å². The lowest BCUT2D eigenvalue weighted by Crippen LogP contribution is -2.52. The lowest BCUT2D eigenvalue weighted by molar-refractivity contribution is -0.137. The monoisotopic (exact) mass is 550 g/mol. The van der Waals surface area contributed by atoms with Crippen molar-refractivity contribution >= 4 is 23.8 Å². The molecule has 8 nitrogen and oxygen atoms in total. The molecule has 210 valence electrons. The highest BCUT2D eigenvalue weighted by Gasteiger charge is 2.46. The van der Waals surface area contributed by atoms with E-state index in [4.69, 9.17) is 10.1 Å². The van der Waals surface area contributed by atoms with Gasteiger partial charge in [0.25, 0.3) is 5.91 Å². The molecule has 0 aromatic heterocycles. The molecule has 0 spiro atoms. The number of benzene rings is 2. The Morgan fingerprint density at radius 1 is 1.20 bits per heavy atom. The van der Waals surface area contributed by atoms with Crippen molar-refractivity contribution in [2.75, 3.05) is 0 Å². The second kappa shape index (κ2) is 12.2. The van der Waals surface area contributed by atoms with Crippen LogP contribution in [0.5, 0.6) is 5.75 Å². The quantitative estimate of drug-likeness (QED) is 0.193. The number of nitrogens with one attached hydrogen (secondary N) is 2. The third kappa shape index (κ3) is 6.78. The van der Waals surface area contributed by atoms with Crippen LogP contribution in [0.1, 0.15) is 68.1 Å². The highest BCUT2D eigenvalue weighted by Crippen LogP contribution is 2.43. The average Bonchev–Trinajstić information content (AvgIpc) is 3.34. The molecule has 2 aromatic carbocycles. The molecule has 0 radical (unpaired) electrons. The molecule has 1 fully saturated rings. The van der Waals surface area contributed by atoms with Crippen LogP contribution >= 0.6 is 0 Å². The van der Waals surface area contributed by atoms with E-state index in [1.54, 1.807) is 20.8 Å². The van der Waals surface area contributed by atoms with Crippen molar-refractivity contribution in [3.05, 3.63) is 76.6 Å². The van der Waals surface area contributed by atoms with E-state index in [-0.39, 0.29) is 22.6 Å². The fourth-order valence-electron chi connectivity index (χ4n) is 4.89. The summed E-state index contributed by atoms with van der Waals surface area (Å²) >= 11 is 0. The fourth-order valence-corrected chi connectivity index (χ4v) is 4.89. The van der Waals surface area contributed by atoms with Gasteiger partial charge >= 0.3 is 0 Å². The van der Waals surface area contributed by atoms with Crippen LogP contribution in [-0.2, 0) is 9.59 Å². The summed E-state index contributed by atoms with van der Waals surface area (Å²) in [5.41, 5.74) is 0.262. The Labute approximate surface area is 232 Å². The third-order valence-corrected chi connectivity index (χ3v) is 6.89. The van der Waals surface area contributed by atoms with E-state index in [1.807, 2.05) is 0 Å². The van der Waals surface area contributed by atoms with Gasteiger partial charge in [0.15, 0.2) is 12.0 Å². The van der Waals surface area contributed by atoms with Gasteiger partial charge in [-0.2, -0.15) is 5.26 Å². The summed E-state index contributed by atoms with van der Waals surface area (Å²) in [5.74, 6) is -2.28. The van der Waals surface area contributed by atoms with Crippen LogP contribution in [0.3, 0.4) is 0 Å². The van der Waals surface area contributed by atoms with Gasteiger partial charge in [0, 0.05) is 23.4 Å². The maximum atomic E-state index is 14.0. The smallest absolute Gasteiger partial charge is 0.251 e. The average molecular weight is 551 g/mol. The standard InChI is InChI=1S/C30H32F2N4O4/c1-17-10-20(6-8-26(17)40-24(15-37)11-18(2)34)28(38)35-19(3)29(39)36-25(7-9-27(36)30(4,5)16-33)21-12-22(31)14-23(32)13-21/h6,8,10-15,19,25,27,34H,7,9H2,1-5H3,(H,35,38)/b24-11+,34-18?/t19-,25?,27?/m1/s1. The number of nitriles is 1. The fraction of sp³-hybridized carbons (Fsp3) is 0.367. The molecule has 10 heteroatoms. The molecular formula is C30H32F2N4O4. The number of hydrogen-bond donors (Lipinski definition) is 2. The summed E-state index contributed by atoms with van der Waals surface area (Å²) in [7, 11) is 0. The molecule has 3 rings (SSSR count). The zero-order chi connectivity index (χ0) is 29.8. The van der Waals surface area contributed by atoms with Gasteiger partial charge in [-0.3, -0.25) is 14.4 Å². The van der Waals surface area contributed by atoms with Crippen LogP contribution in [0.4, 0.5) is 8.78 Å². The van der Waals surface area contributed by atoms with Crippen LogP contribution in [0.25, 0.3) is 0 Å². The predicted octanol–water partition coefficient (Wildman–Crippen LogP) is 5.17. The molecule has 0 saturated carbocycles. The molecule has 3 atom stereocenters. The number of aryl methyl sites for hydroxylation is 1. The molecule has 2 amide bonds. The van der Waals surface area contributed by atoms with E-state index in [2.05, 4.69) is 11.4 Å². The Kier molecular flexibility index (Phi) is 9.20. The largest absolute Gasteiger partial charge is 0.454 e. The Hall–Kier alpha value is -4.39. The van der Waals surface area contributed by atoms with Crippen LogP contribution in [0.15, 0.2) is 48.2 Å². The Bertz CT molecular complexity index is 1390. The van der Waals surface area contributed by atoms with Crippen molar-refractivity contribution in [2.24, 2.45) is 5.41 Å². The van der Waals surface area contributed by atoms with Gasteiger partial charge in [-0.25, -0.2) is 8.78 Å². The summed E-state index contributed by atoms with van der Waals surface area (Å²) in [5, 5.41) is 19.9. The molecular weight excluding hydrogens is 518 g/mol. The maximum absolute atomic E-state index is 14.0. The molecule has 0 bridgehead atoms. The van der Waals surface area contributed by atoms with Gasteiger partial charge in [0.05, 0.1) is 23.6 Å². The number of hydrogen-bond acceptors (Lipinski definition) is 6. The normalized spacial score (nSPS) is 18.1. The number of carbonyl (C=O) groups excluding carboxylic acids is 3. The Morgan fingerprint density at radius 3 is 2.40 bits per heavy atom. The van der Waals surface area contributed by atoms with Gasteiger partial charge in [0.2, 0.25) is 5.91 Å². The van der Waals surface area contributed by atoms with Gasteiger partial charge in [-0.1, -0.05) is 0 Å². The van der Waals surface area contributed by atoms with Crippen LogP contribution in [0, 0.1) is 40.7 Å². The second-order valence-electron chi connectivity index (χ2n) is 10.5. The minimum absolute atomic E-state index is 0.0554. The first-order valence-corrected chi connectivity index (χ1v) is 12.8. The molecule has 40 heavy (non-hydrogen) atoms. The zero-order valence-electron chi connectivity index (χ0n) is 23.0. The van der Waals surface area contributed by atoms with Gasteiger partial charge in [-0.05, 0) is 88.9 Å². The maximum Gasteiger partial charge on any atom is 0.251 e. The number of rotatable bonds is 9. The van der Waals surface area contributed by atoms with E-state index in [0.29, 0.717) is 30.4 Å². The number of aldehydes is 1. The molecule has 2 unspecified atom stereocenters. The number of amides is 2. The summed E-state index contributed by atoms with van der Waals surface area (Å²) in [4.78, 5) is 39.5. The summed E-state index contributed by atoms with van der Waals surface area (Å²) in [6.45, 7) is 8.11. The first kappa shape index (κ1) is 30.2. The topological polar surface area (TPSA) is 123 Å². The summed E-state index contributed by atoms with van der Waals surface area (Å²) < 4.78 is 33.6. The van der Waals surface area contributed by atoms with Crippen LogP contribution in [0.2, 0.25) is 0 Å². The Morgan fingerprint density at radius 2 is 1.85 bits per heavy atom. The first-order valence-electron chi connectivity index (χ1n) is 12.8. The number of nitrogens with zero attached hydrogens (tertiary/aromatic N) is 2. The number of likely N-dealkylation sites (tertiary alicyclic amines) is 1. The predicted molar refractivity (Wildman–Crippen MR) is 145 cm³/mol. The van der Waals surface area contributed by atoms with Crippen molar-refractivity contribution in [1.82, 2.24) is 10.2 Å². The van der Waals surface area contributed by atoms with Crippen molar-refractivity contribution in [1.29, 1.82) is 10.7 Å². The van der Waals surface area contributed by atoms with Crippen molar-refractivity contribution < 1.29 is 27.9 Å². The molecule has 1 heterocycles. The number of allylic oxidation sites excluding steroid dienone is 2. The van der Waals surface area contributed by atoms with E-state index in [1.165, 1.54) is 55.2 Å². The SMILES string of the molecule is CC(=N)/C=C(\C=O)Oc1ccc(C(=O)N[C@H](C)C(=O)N2C(c3cc(F)cc(F)c3)CCC2C(C)(C)C#N)cc1C. The molecule has 0 aliphatic carbocycles. The van der Waals surface area contributed by atoms with Gasteiger partial charge in [0.1, 0.15) is 23.4 Å². The number of ether oxygens (including phenoxy) is 1. The molecule has 2 N–H and O–H groups in total. The van der Waals surface area contributed by atoms with E-state index >= 15 is 0 Å². The highest BCUT2D eigenvalue weighted by molar-refractivity contribution is 5.98. The van der Waals surface area contributed by atoms with E-state index in [9.17, 15) is 28.4 Å². The van der Waals surface area contributed by atoms with Gasteiger partial charge in [-0.15, -0.1) is 0 Å². The van der Waals surface area contributed by atoms with Crippen LogP contribution < -0.4 is 10.1 Å². The van der Waals surface area contributed by atoms with Crippen LogP contribution in [-0.4, -0.2) is 40.8 Å². The second-order valence-corrected chi connectivity index (χ2v) is 10.5. The molecule has 1 saturated heterocycles. The minimum Gasteiger partial charge on any atom is -0.454 e.